The van der Waals surface area contributed by atoms with Crippen LogP contribution in [0.3, 0.4) is 0 Å². The highest BCUT2D eigenvalue weighted by atomic mass is 79.9. The summed E-state index contributed by atoms with van der Waals surface area (Å²) in [5.41, 5.74) is 3.67. The van der Waals surface area contributed by atoms with E-state index in [2.05, 4.69) is 32.4 Å². The summed E-state index contributed by atoms with van der Waals surface area (Å²) in [6.45, 7) is 0. The molecule has 0 aromatic heterocycles. The van der Waals surface area contributed by atoms with Crippen LogP contribution in [-0.4, -0.2) is 17.2 Å². The van der Waals surface area contributed by atoms with Crippen LogP contribution >= 0.6 is 15.9 Å². The van der Waals surface area contributed by atoms with E-state index in [1.807, 2.05) is 0 Å². The van der Waals surface area contributed by atoms with Gasteiger partial charge in [-0.1, -0.05) is 27.9 Å². The zero-order chi connectivity index (χ0) is 15.2. The maximum atomic E-state index is 11.8. The highest BCUT2D eigenvalue weighted by Gasteiger charge is 2.05. The van der Waals surface area contributed by atoms with Crippen molar-refractivity contribution in [3.05, 3.63) is 63.6 Å². The fraction of sp³-hybridized carbons (Fsp3) is 0. The van der Waals surface area contributed by atoms with Gasteiger partial charge in [0, 0.05) is 15.6 Å². The number of phenolic OH excluding ortho intramolecular Hbond substituents is 1. The molecule has 2 aromatic carbocycles. The number of amides is 1. The summed E-state index contributed by atoms with van der Waals surface area (Å²) < 4.78 is 0.888. The lowest BCUT2D eigenvalue weighted by Gasteiger charge is -2.02. The molecule has 0 aliphatic rings. The molecular weight excluding hydrogens is 332 g/mol. The minimum absolute atomic E-state index is 0.0401. The number of phenols is 1. The summed E-state index contributed by atoms with van der Waals surface area (Å²) in [7, 11) is 0. The molecule has 0 aliphatic carbocycles. The van der Waals surface area contributed by atoms with Gasteiger partial charge in [-0.05, 0) is 36.4 Å². The van der Waals surface area contributed by atoms with Crippen LogP contribution in [0.5, 0.6) is 5.75 Å². The minimum Gasteiger partial charge on any atom is -0.506 e. The highest BCUT2D eigenvalue weighted by molar-refractivity contribution is 9.10. The van der Waals surface area contributed by atoms with E-state index in [0.29, 0.717) is 16.7 Å². The number of carbonyl (C=O) groups is 1. The van der Waals surface area contributed by atoms with E-state index in [4.69, 9.17) is 6.42 Å². The van der Waals surface area contributed by atoms with Crippen molar-refractivity contribution in [2.24, 2.45) is 5.10 Å². The van der Waals surface area contributed by atoms with E-state index >= 15 is 0 Å². The molecule has 5 heteroatoms. The number of hydrogen-bond donors (Lipinski definition) is 2. The van der Waals surface area contributed by atoms with Gasteiger partial charge in [0.25, 0.3) is 5.91 Å². The van der Waals surface area contributed by atoms with Crippen molar-refractivity contribution < 1.29 is 9.90 Å². The maximum Gasteiger partial charge on any atom is 0.271 e. The molecular formula is C16H11BrN2O2. The normalized spacial score (nSPS) is 10.3. The molecule has 0 fully saturated rings. The first-order valence-electron chi connectivity index (χ1n) is 5.99. The SMILES string of the molecule is C#Cc1cccc(/C=N/NC(=O)c2ccc(Br)cc2)c1O. The van der Waals surface area contributed by atoms with Gasteiger partial charge >= 0.3 is 0 Å². The standard InChI is InChI=1S/C16H11BrN2O2/c1-2-11-4-3-5-13(15(11)20)10-18-19-16(21)12-6-8-14(17)9-7-12/h1,3-10,20H,(H,19,21)/b18-10+. The Kier molecular flexibility index (Phi) is 4.75. The maximum absolute atomic E-state index is 11.8. The van der Waals surface area contributed by atoms with Gasteiger partial charge in [-0.25, -0.2) is 5.43 Å². The Balaban J connectivity index is 2.08. The summed E-state index contributed by atoms with van der Waals surface area (Å²) in [5.74, 6) is 1.98. The Bertz CT molecular complexity index is 731. The number of carbonyl (C=O) groups excluding carboxylic acids is 1. The molecule has 2 rings (SSSR count). The minimum atomic E-state index is -0.341. The largest absolute Gasteiger partial charge is 0.506 e. The van der Waals surface area contributed by atoms with Crippen molar-refractivity contribution in [2.75, 3.05) is 0 Å². The lowest BCUT2D eigenvalue weighted by molar-refractivity contribution is 0.0955. The second-order valence-corrected chi connectivity index (χ2v) is 5.01. The van der Waals surface area contributed by atoms with Gasteiger partial charge in [-0.2, -0.15) is 5.10 Å². The monoisotopic (exact) mass is 342 g/mol. The van der Waals surface area contributed by atoms with Gasteiger partial charge in [0.05, 0.1) is 11.8 Å². The topological polar surface area (TPSA) is 61.7 Å². The van der Waals surface area contributed by atoms with Gasteiger partial charge in [0.1, 0.15) is 5.75 Å². The van der Waals surface area contributed by atoms with E-state index in [1.165, 1.54) is 6.21 Å². The molecule has 104 valence electrons. The van der Waals surface area contributed by atoms with Crippen molar-refractivity contribution in [1.29, 1.82) is 0 Å². The third-order valence-corrected chi connectivity index (χ3v) is 3.23. The molecule has 0 saturated carbocycles. The van der Waals surface area contributed by atoms with E-state index in [-0.39, 0.29) is 11.7 Å². The van der Waals surface area contributed by atoms with Gasteiger partial charge < -0.3 is 5.11 Å². The molecule has 0 unspecified atom stereocenters. The molecule has 4 nitrogen and oxygen atoms in total. The Labute approximate surface area is 130 Å². The molecule has 0 bridgehead atoms. The van der Waals surface area contributed by atoms with Crippen LogP contribution in [0, 0.1) is 12.3 Å². The van der Waals surface area contributed by atoms with Crippen molar-refractivity contribution in [3.63, 3.8) is 0 Å². The number of nitrogens with zero attached hydrogens (tertiary/aromatic N) is 1. The van der Waals surface area contributed by atoms with Crippen LogP contribution in [0.4, 0.5) is 0 Å². The fourth-order valence-corrected chi connectivity index (χ4v) is 1.87. The van der Waals surface area contributed by atoms with E-state index in [1.54, 1.807) is 42.5 Å². The molecule has 0 spiro atoms. The Morgan fingerprint density at radius 2 is 2.00 bits per heavy atom. The predicted molar refractivity (Wildman–Crippen MR) is 85.2 cm³/mol. The molecule has 1 amide bonds. The third-order valence-electron chi connectivity index (χ3n) is 2.70. The number of hydrazone groups is 1. The fourth-order valence-electron chi connectivity index (χ4n) is 1.61. The molecule has 0 heterocycles. The van der Waals surface area contributed by atoms with Crippen LogP contribution in [0.2, 0.25) is 0 Å². The smallest absolute Gasteiger partial charge is 0.271 e. The van der Waals surface area contributed by atoms with Gasteiger partial charge in [-0.3, -0.25) is 4.79 Å². The van der Waals surface area contributed by atoms with Crippen molar-refractivity contribution in [1.82, 2.24) is 5.43 Å². The average molecular weight is 343 g/mol. The van der Waals surface area contributed by atoms with Crippen LogP contribution in [-0.2, 0) is 0 Å². The van der Waals surface area contributed by atoms with Gasteiger partial charge in [0.15, 0.2) is 0 Å². The van der Waals surface area contributed by atoms with Crippen molar-refractivity contribution >= 4 is 28.1 Å². The Morgan fingerprint density at radius 1 is 1.29 bits per heavy atom. The molecule has 21 heavy (non-hydrogen) atoms. The summed E-state index contributed by atoms with van der Waals surface area (Å²) in [5, 5.41) is 13.7. The van der Waals surface area contributed by atoms with E-state index in [9.17, 15) is 9.90 Å². The summed E-state index contributed by atoms with van der Waals surface area (Å²) in [6.07, 6.45) is 6.60. The highest BCUT2D eigenvalue weighted by Crippen LogP contribution is 2.19. The number of benzene rings is 2. The number of terminal acetylenes is 1. The lowest BCUT2D eigenvalue weighted by Crippen LogP contribution is -2.17. The second kappa shape index (κ2) is 6.73. The molecule has 0 atom stereocenters. The summed E-state index contributed by atoms with van der Waals surface area (Å²) >= 11 is 3.29. The lowest BCUT2D eigenvalue weighted by atomic mass is 10.1. The van der Waals surface area contributed by atoms with E-state index < -0.39 is 0 Å². The van der Waals surface area contributed by atoms with E-state index in [0.717, 1.165) is 4.47 Å². The predicted octanol–water partition coefficient (Wildman–Crippen LogP) is 2.90. The number of nitrogens with one attached hydrogen (secondary N) is 1. The molecule has 0 radical (unpaired) electrons. The first kappa shape index (κ1) is 14.8. The number of para-hydroxylation sites is 1. The van der Waals surface area contributed by atoms with Crippen LogP contribution in [0.15, 0.2) is 52.0 Å². The van der Waals surface area contributed by atoms with Gasteiger partial charge in [0.2, 0.25) is 0 Å². The van der Waals surface area contributed by atoms with Crippen molar-refractivity contribution in [2.45, 2.75) is 0 Å². The molecule has 0 aliphatic heterocycles. The molecule has 2 aromatic rings. The zero-order valence-corrected chi connectivity index (χ0v) is 12.5. The molecule has 2 N–H and O–H groups in total. The first-order valence-corrected chi connectivity index (χ1v) is 6.78. The average Bonchev–Trinajstić information content (AvgIpc) is 2.49. The third kappa shape index (κ3) is 3.71. The Hall–Kier alpha value is -2.58. The number of aromatic hydroxyl groups is 1. The summed E-state index contributed by atoms with van der Waals surface area (Å²) in [6, 6.07) is 11.8. The summed E-state index contributed by atoms with van der Waals surface area (Å²) in [4.78, 5) is 11.8. The molecule has 0 saturated heterocycles. The number of hydrogen-bond acceptors (Lipinski definition) is 3. The Morgan fingerprint density at radius 3 is 2.67 bits per heavy atom. The number of halogens is 1. The van der Waals surface area contributed by atoms with Crippen LogP contribution in [0.25, 0.3) is 0 Å². The van der Waals surface area contributed by atoms with Gasteiger partial charge in [-0.15, -0.1) is 6.42 Å². The zero-order valence-electron chi connectivity index (χ0n) is 10.9. The number of rotatable bonds is 3. The van der Waals surface area contributed by atoms with Crippen molar-refractivity contribution in [3.8, 4) is 18.1 Å². The van der Waals surface area contributed by atoms with Crippen LogP contribution < -0.4 is 5.43 Å². The first-order chi connectivity index (χ1) is 10.1. The second-order valence-electron chi connectivity index (χ2n) is 4.09. The van der Waals surface area contributed by atoms with Crippen LogP contribution in [0.1, 0.15) is 21.5 Å². The quantitative estimate of drug-likeness (QED) is 0.511.